The molecule has 0 bridgehead atoms. The van der Waals surface area contributed by atoms with Crippen molar-refractivity contribution in [2.24, 2.45) is 0 Å². The summed E-state index contributed by atoms with van der Waals surface area (Å²) in [7, 11) is 0. The van der Waals surface area contributed by atoms with Gasteiger partial charge in [-0.15, -0.1) is 0 Å². The quantitative estimate of drug-likeness (QED) is 0.789. The predicted molar refractivity (Wildman–Crippen MR) is 63.3 cm³/mol. The summed E-state index contributed by atoms with van der Waals surface area (Å²) in [6, 6.07) is 9.21. The van der Waals surface area contributed by atoms with E-state index in [1.807, 2.05) is 0 Å². The van der Waals surface area contributed by atoms with E-state index in [2.05, 4.69) is 10.3 Å². The molecule has 0 amide bonds. The van der Waals surface area contributed by atoms with Crippen molar-refractivity contribution in [2.45, 2.75) is 0 Å². The summed E-state index contributed by atoms with van der Waals surface area (Å²) in [6.07, 6.45) is 0. The summed E-state index contributed by atoms with van der Waals surface area (Å²) >= 11 is 5.74. The number of anilines is 3. The van der Waals surface area contributed by atoms with Gasteiger partial charge in [0, 0.05) is 17.4 Å². The van der Waals surface area contributed by atoms with Crippen LogP contribution in [0.1, 0.15) is 0 Å². The predicted octanol–water partition coefficient (Wildman–Crippen LogP) is 3.20. The van der Waals surface area contributed by atoms with Crippen molar-refractivity contribution in [2.75, 3.05) is 11.1 Å². The minimum Gasteiger partial charge on any atom is -0.399 e. The van der Waals surface area contributed by atoms with E-state index in [-0.39, 0.29) is 5.82 Å². The highest BCUT2D eigenvalue weighted by atomic mass is 35.5. The van der Waals surface area contributed by atoms with E-state index in [1.54, 1.807) is 18.2 Å². The number of nitrogen functional groups attached to an aromatic ring is 1. The van der Waals surface area contributed by atoms with Gasteiger partial charge in [-0.2, -0.15) is 0 Å². The maximum atomic E-state index is 12.9. The molecule has 0 aliphatic carbocycles. The molecule has 0 spiro atoms. The molecule has 1 aromatic carbocycles. The smallest absolute Gasteiger partial charge is 0.134 e. The Morgan fingerprint density at radius 1 is 1.25 bits per heavy atom. The minimum atomic E-state index is -0.319. The number of nitrogens with two attached hydrogens (primary N) is 1. The number of hydrogen-bond donors (Lipinski definition) is 2. The van der Waals surface area contributed by atoms with Crippen molar-refractivity contribution >= 4 is 28.8 Å². The van der Waals surface area contributed by atoms with Crippen LogP contribution in [-0.4, -0.2) is 4.98 Å². The van der Waals surface area contributed by atoms with Gasteiger partial charge in [0.25, 0.3) is 0 Å². The molecule has 1 aromatic heterocycles. The van der Waals surface area contributed by atoms with Gasteiger partial charge in [0.15, 0.2) is 0 Å². The van der Waals surface area contributed by atoms with Crippen LogP contribution in [0.3, 0.4) is 0 Å². The van der Waals surface area contributed by atoms with Crippen LogP contribution in [0.25, 0.3) is 0 Å². The molecule has 5 heteroatoms. The normalized spacial score (nSPS) is 10.1. The number of nitrogens with zero attached hydrogens (tertiary/aromatic N) is 1. The van der Waals surface area contributed by atoms with Gasteiger partial charge in [0.2, 0.25) is 0 Å². The van der Waals surface area contributed by atoms with E-state index in [0.29, 0.717) is 22.3 Å². The zero-order valence-corrected chi connectivity index (χ0v) is 9.00. The van der Waals surface area contributed by atoms with E-state index in [1.165, 1.54) is 18.2 Å². The van der Waals surface area contributed by atoms with Crippen LogP contribution >= 0.6 is 11.6 Å². The Morgan fingerprint density at radius 2 is 2.06 bits per heavy atom. The van der Waals surface area contributed by atoms with Crippen LogP contribution in [0.2, 0.25) is 5.15 Å². The summed E-state index contributed by atoms with van der Waals surface area (Å²) in [4.78, 5) is 4.01. The fourth-order valence-corrected chi connectivity index (χ4v) is 1.51. The molecule has 0 saturated carbocycles. The summed E-state index contributed by atoms with van der Waals surface area (Å²) < 4.78 is 12.9. The van der Waals surface area contributed by atoms with Crippen molar-refractivity contribution < 1.29 is 4.39 Å². The number of rotatable bonds is 2. The first kappa shape index (κ1) is 10.7. The first-order valence-electron chi connectivity index (χ1n) is 4.59. The molecule has 1 heterocycles. The second kappa shape index (κ2) is 4.37. The average Bonchev–Trinajstić information content (AvgIpc) is 2.15. The van der Waals surface area contributed by atoms with Gasteiger partial charge in [-0.3, -0.25) is 0 Å². The fourth-order valence-electron chi connectivity index (χ4n) is 1.29. The molecular weight excluding hydrogens is 229 g/mol. The molecule has 0 unspecified atom stereocenters. The Bertz CT molecular complexity index is 496. The largest absolute Gasteiger partial charge is 0.399 e. The van der Waals surface area contributed by atoms with Crippen LogP contribution in [0, 0.1) is 5.82 Å². The molecule has 0 fully saturated rings. The van der Waals surface area contributed by atoms with Gasteiger partial charge in [0.1, 0.15) is 16.8 Å². The van der Waals surface area contributed by atoms with E-state index >= 15 is 0 Å². The van der Waals surface area contributed by atoms with Gasteiger partial charge >= 0.3 is 0 Å². The highest BCUT2D eigenvalue weighted by Crippen LogP contribution is 2.20. The Morgan fingerprint density at radius 3 is 2.75 bits per heavy atom. The Labute approximate surface area is 97.1 Å². The van der Waals surface area contributed by atoms with E-state index < -0.39 is 0 Å². The zero-order chi connectivity index (χ0) is 11.5. The third kappa shape index (κ3) is 2.61. The molecule has 3 N–H and O–H groups in total. The molecular formula is C11H9ClFN3. The van der Waals surface area contributed by atoms with E-state index in [0.717, 1.165) is 0 Å². The van der Waals surface area contributed by atoms with Gasteiger partial charge in [-0.05, 0) is 24.3 Å². The lowest BCUT2D eigenvalue weighted by Gasteiger charge is -2.06. The molecule has 0 radical (unpaired) electrons. The van der Waals surface area contributed by atoms with Crippen LogP contribution in [-0.2, 0) is 0 Å². The number of nitrogens with one attached hydrogen (secondary N) is 1. The summed E-state index contributed by atoms with van der Waals surface area (Å²) in [5.41, 5.74) is 6.70. The maximum Gasteiger partial charge on any atom is 0.134 e. The lowest BCUT2D eigenvalue weighted by Crippen LogP contribution is -1.96. The topological polar surface area (TPSA) is 50.9 Å². The first-order valence-corrected chi connectivity index (χ1v) is 4.97. The summed E-state index contributed by atoms with van der Waals surface area (Å²) in [5.74, 6) is 0.163. The van der Waals surface area contributed by atoms with Gasteiger partial charge in [-0.25, -0.2) is 9.37 Å². The van der Waals surface area contributed by atoms with Gasteiger partial charge < -0.3 is 11.1 Å². The Balaban J connectivity index is 2.27. The van der Waals surface area contributed by atoms with Crippen molar-refractivity contribution in [1.29, 1.82) is 0 Å². The van der Waals surface area contributed by atoms with Crippen molar-refractivity contribution in [1.82, 2.24) is 4.98 Å². The second-order valence-corrected chi connectivity index (χ2v) is 3.63. The maximum absolute atomic E-state index is 12.9. The highest BCUT2D eigenvalue weighted by Gasteiger charge is 2.00. The Hall–Kier alpha value is -1.81. The lowest BCUT2D eigenvalue weighted by atomic mass is 10.3. The van der Waals surface area contributed by atoms with Crippen LogP contribution in [0.4, 0.5) is 21.6 Å². The third-order valence-corrected chi connectivity index (χ3v) is 2.11. The summed E-state index contributed by atoms with van der Waals surface area (Å²) in [5, 5.41) is 3.20. The molecule has 0 aliphatic heterocycles. The van der Waals surface area contributed by atoms with Gasteiger partial charge in [0.05, 0.1) is 0 Å². The monoisotopic (exact) mass is 237 g/mol. The first-order chi connectivity index (χ1) is 7.63. The van der Waals surface area contributed by atoms with Crippen molar-refractivity contribution in [3.05, 3.63) is 47.4 Å². The standard InChI is InChI=1S/C11H9ClFN3/c12-10-5-8(14)6-11(16-10)15-9-3-1-2-7(13)4-9/h1-6H,(H3,14,15,16). The SMILES string of the molecule is Nc1cc(Cl)nc(Nc2cccc(F)c2)c1. The molecule has 16 heavy (non-hydrogen) atoms. The molecule has 0 atom stereocenters. The van der Waals surface area contributed by atoms with Crippen LogP contribution in [0.5, 0.6) is 0 Å². The zero-order valence-electron chi connectivity index (χ0n) is 8.24. The highest BCUT2D eigenvalue weighted by molar-refractivity contribution is 6.29. The van der Waals surface area contributed by atoms with E-state index in [9.17, 15) is 4.39 Å². The Kier molecular flexibility index (Phi) is 2.92. The van der Waals surface area contributed by atoms with Crippen molar-refractivity contribution in [3.8, 4) is 0 Å². The molecule has 3 nitrogen and oxygen atoms in total. The fraction of sp³-hybridized carbons (Fsp3) is 0. The van der Waals surface area contributed by atoms with Gasteiger partial charge in [-0.1, -0.05) is 17.7 Å². The molecule has 2 rings (SSSR count). The third-order valence-electron chi connectivity index (χ3n) is 1.91. The lowest BCUT2D eigenvalue weighted by molar-refractivity contribution is 0.628. The van der Waals surface area contributed by atoms with Crippen LogP contribution < -0.4 is 11.1 Å². The number of benzene rings is 1. The second-order valence-electron chi connectivity index (χ2n) is 3.24. The van der Waals surface area contributed by atoms with E-state index in [4.69, 9.17) is 17.3 Å². The van der Waals surface area contributed by atoms with Crippen LogP contribution in [0.15, 0.2) is 36.4 Å². The number of hydrogen-bond acceptors (Lipinski definition) is 3. The molecule has 0 aliphatic rings. The van der Waals surface area contributed by atoms with Crippen molar-refractivity contribution in [3.63, 3.8) is 0 Å². The number of aromatic nitrogens is 1. The number of pyridine rings is 1. The minimum absolute atomic E-state index is 0.291. The molecule has 82 valence electrons. The number of halogens is 2. The molecule has 2 aromatic rings. The summed E-state index contributed by atoms with van der Waals surface area (Å²) in [6.45, 7) is 0. The average molecular weight is 238 g/mol. The molecule has 0 saturated heterocycles.